The predicted molar refractivity (Wildman–Crippen MR) is 104 cm³/mol. The van der Waals surface area contributed by atoms with Gasteiger partial charge in [-0.25, -0.2) is 4.98 Å². The zero-order valence-corrected chi connectivity index (χ0v) is 16.4. The number of nitrogens with zero attached hydrogens (tertiary/aromatic N) is 3. The number of hydrogen-bond acceptors (Lipinski definition) is 7. The quantitative estimate of drug-likeness (QED) is 0.621. The molecule has 0 spiro atoms. The fourth-order valence-electron chi connectivity index (χ4n) is 2.96. The average Bonchev–Trinajstić information content (AvgIpc) is 3.13. The van der Waals surface area contributed by atoms with Gasteiger partial charge < -0.3 is 19.6 Å². The van der Waals surface area contributed by atoms with E-state index < -0.39 is 17.1 Å². The van der Waals surface area contributed by atoms with Crippen LogP contribution in [0.5, 0.6) is 11.5 Å². The minimum Gasteiger partial charge on any atom is -0.502 e. The summed E-state index contributed by atoms with van der Waals surface area (Å²) < 4.78 is 12.4. The molecule has 0 saturated heterocycles. The standard InChI is InChI=1S/C20H22N4O5/c1-12-8-16(25)19(27)20(29-12)15(13-4-6-14(28-3)7-5-13)9-18(26)21-10-17-22-11-24(2)23-17/h4-8,11,15,27H,9-10H2,1-3H3,(H,21,26). The third-order valence-electron chi connectivity index (χ3n) is 4.39. The molecule has 0 aliphatic carbocycles. The minimum atomic E-state index is -0.662. The molecule has 152 valence electrons. The lowest BCUT2D eigenvalue weighted by Crippen LogP contribution is -2.26. The zero-order chi connectivity index (χ0) is 21.0. The Labute approximate surface area is 167 Å². The summed E-state index contributed by atoms with van der Waals surface area (Å²) in [5, 5.41) is 17.2. The van der Waals surface area contributed by atoms with Crippen LogP contribution in [0, 0.1) is 6.92 Å². The Morgan fingerprint density at radius 2 is 2.07 bits per heavy atom. The summed E-state index contributed by atoms with van der Waals surface area (Å²) in [5.74, 6) is 0.0493. The van der Waals surface area contributed by atoms with E-state index >= 15 is 0 Å². The van der Waals surface area contributed by atoms with Crippen molar-refractivity contribution in [3.8, 4) is 11.5 Å². The van der Waals surface area contributed by atoms with Crippen molar-refractivity contribution in [3.63, 3.8) is 0 Å². The minimum absolute atomic E-state index is 0.0425. The van der Waals surface area contributed by atoms with Crippen LogP contribution in [0.4, 0.5) is 0 Å². The van der Waals surface area contributed by atoms with Crippen LogP contribution >= 0.6 is 0 Å². The van der Waals surface area contributed by atoms with Crippen LogP contribution in [-0.4, -0.2) is 32.9 Å². The van der Waals surface area contributed by atoms with Crippen LogP contribution in [-0.2, 0) is 18.4 Å². The molecule has 9 nitrogen and oxygen atoms in total. The number of carbonyl (C=O) groups excluding carboxylic acids is 1. The highest BCUT2D eigenvalue weighted by Crippen LogP contribution is 2.33. The third kappa shape index (κ3) is 4.81. The molecule has 1 amide bonds. The van der Waals surface area contributed by atoms with E-state index in [0.29, 0.717) is 22.9 Å². The second-order valence-electron chi connectivity index (χ2n) is 6.58. The van der Waals surface area contributed by atoms with Crippen LogP contribution in [0.2, 0.25) is 0 Å². The fourth-order valence-corrected chi connectivity index (χ4v) is 2.96. The molecule has 0 bridgehead atoms. The van der Waals surface area contributed by atoms with Crippen molar-refractivity contribution in [2.24, 2.45) is 7.05 Å². The van der Waals surface area contributed by atoms with Gasteiger partial charge in [-0.3, -0.25) is 14.3 Å². The van der Waals surface area contributed by atoms with Crippen LogP contribution in [0.25, 0.3) is 0 Å². The van der Waals surface area contributed by atoms with Crippen LogP contribution in [0.15, 0.2) is 45.9 Å². The number of hydrogen-bond donors (Lipinski definition) is 2. The molecular formula is C20H22N4O5. The summed E-state index contributed by atoms with van der Waals surface area (Å²) in [6.07, 6.45) is 1.50. The molecule has 1 atom stereocenters. The molecule has 2 aromatic heterocycles. The molecule has 0 saturated carbocycles. The first-order valence-electron chi connectivity index (χ1n) is 8.96. The summed E-state index contributed by atoms with van der Waals surface area (Å²) in [5.41, 5.74) is 0.140. The largest absolute Gasteiger partial charge is 0.502 e. The molecule has 3 rings (SSSR count). The van der Waals surface area contributed by atoms with Gasteiger partial charge in [0.2, 0.25) is 17.1 Å². The van der Waals surface area contributed by atoms with Gasteiger partial charge in [0.05, 0.1) is 19.6 Å². The maximum Gasteiger partial charge on any atom is 0.227 e. The smallest absolute Gasteiger partial charge is 0.227 e. The number of aromatic nitrogens is 3. The molecule has 0 aliphatic heterocycles. The summed E-state index contributed by atoms with van der Waals surface area (Å²) in [4.78, 5) is 28.7. The van der Waals surface area contributed by atoms with Gasteiger partial charge in [-0.15, -0.1) is 0 Å². The fraction of sp³-hybridized carbons (Fsp3) is 0.300. The third-order valence-corrected chi connectivity index (χ3v) is 4.39. The van der Waals surface area contributed by atoms with E-state index in [1.807, 2.05) is 0 Å². The van der Waals surface area contributed by atoms with Crippen molar-refractivity contribution in [2.45, 2.75) is 25.8 Å². The topological polar surface area (TPSA) is 119 Å². The first-order valence-corrected chi connectivity index (χ1v) is 8.96. The molecule has 2 heterocycles. The van der Waals surface area contributed by atoms with E-state index in [2.05, 4.69) is 15.4 Å². The maximum atomic E-state index is 12.6. The van der Waals surface area contributed by atoms with E-state index in [1.165, 1.54) is 6.07 Å². The van der Waals surface area contributed by atoms with Crippen molar-refractivity contribution in [3.05, 3.63) is 69.8 Å². The molecular weight excluding hydrogens is 376 g/mol. The van der Waals surface area contributed by atoms with E-state index in [4.69, 9.17) is 9.15 Å². The number of carbonyl (C=O) groups is 1. The SMILES string of the molecule is COc1ccc(C(CC(=O)NCc2ncn(C)n2)c2oc(C)cc(=O)c2O)cc1. The molecule has 9 heteroatoms. The lowest BCUT2D eigenvalue weighted by Gasteiger charge is -2.18. The van der Waals surface area contributed by atoms with E-state index in [1.54, 1.807) is 56.4 Å². The Balaban J connectivity index is 1.88. The molecule has 0 aliphatic rings. The molecule has 29 heavy (non-hydrogen) atoms. The number of aryl methyl sites for hydroxylation is 2. The number of ether oxygens (including phenoxy) is 1. The molecule has 0 fully saturated rings. The number of rotatable bonds is 7. The summed E-state index contributed by atoms with van der Waals surface area (Å²) in [6.45, 7) is 1.78. The van der Waals surface area contributed by atoms with Crippen molar-refractivity contribution in [1.82, 2.24) is 20.1 Å². The highest BCUT2D eigenvalue weighted by molar-refractivity contribution is 5.77. The Bertz CT molecular complexity index is 1060. The Hall–Kier alpha value is -3.62. The van der Waals surface area contributed by atoms with E-state index in [-0.39, 0.29) is 24.6 Å². The molecule has 1 unspecified atom stereocenters. The van der Waals surface area contributed by atoms with Gasteiger partial charge >= 0.3 is 0 Å². The molecule has 0 radical (unpaired) electrons. The maximum absolute atomic E-state index is 12.6. The van der Waals surface area contributed by atoms with Crippen LogP contribution in [0.3, 0.4) is 0 Å². The number of methoxy groups -OCH3 is 1. The van der Waals surface area contributed by atoms with Crippen LogP contribution in [0.1, 0.15) is 35.2 Å². The van der Waals surface area contributed by atoms with Gasteiger partial charge in [-0.2, -0.15) is 5.10 Å². The van der Waals surface area contributed by atoms with Crippen molar-refractivity contribution >= 4 is 5.91 Å². The van der Waals surface area contributed by atoms with Gasteiger partial charge in [0, 0.05) is 19.5 Å². The van der Waals surface area contributed by atoms with Crippen molar-refractivity contribution in [1.29, 1.82) is 0 Å². The predicted octanol–water partition coefficient (Wildman–Crippen LogP) is 1.63. The second kappa shape index (κ2) is 8.59. The first kappa shape index (κ1) is 20.1. The monoisotopic (exact) mass is 398 g/mol. The number of aromatic hydroxyl groups is 1. The Morgan fingerprint density at radius 1 is 1.34 bits per heavy atom. The van der Waals surface area contributed by atoms with Gasteiger partial charge in [-0.05, 0) is 24.6 Å². The Kier molecular flexibility index (Phi) is 5.96. The lowest BCUT2D eigenvalue weighted by atomic mass is 9.91. The number of amides is 1. The Morgan fingerprint density at radius 3 is 2.69 bits per heavy atom. The first-order chi connectivity index (χ1) is 13.9. The summed E-state index contributed by atoms with van der Waals surface area (Å²) in [7, 11) is 3.29. The summed E-state index contributed by atoms with van der Waals surface area (Å²) in [6, 6.07) is 8.21. The number of benzene rings is 1. The highest BCUT2D eigenvalue weighted by atomic mass is 16.5. The van der Waals surface area contributed by atoms with Crippen LogP contribution < -0.4 is 15.5 Å². The van der Waals surface area contributed by atoms with Crippen molar-refractivity contribution < 1.29 is 19.1 Å². The van der Waals surface area contributed by atoms with Gasteiger partial charge in [0.1, 0.15) is 17.8 Å². The number of nitrogens with one attached hydrogen (secondary N) is 1. The zero-order valence-electron chi connectivity index (χ0n) is 16.4. The highest BCUT2D eigenvalue weighted by Gasteiger charge is 2.26. The summed E-state index contributed by atoms with van der Waals surface area (Å²) >= 11 is 0. The van der Waals surface area contributed by atoms with E-state index in [9.17, 15) is 14.7 Å². The normalized spacial score (nSPS) is 11.8. The van der Waals surface area contributed by atoms with Gasteiger partial charge in [-0.1, -0.05) is 12.1 Å². The van der Waals surface area contributed by atoms with Crippen molar-refractivity contribution in [2.75, 3.05) is 7.11 Å². The molecule has 3 aromatic rings. The average molecular weight is 398 g/mol. The second-order valence-corrected chi connectivity index (χ2v) is 6.58. The van der Waals surface area contributed by atoms with Gasteiger partial charge in [0.25, 0.3) is 0 Å². The van der Waals surface area contributed by atoms with Gasteiger partial charge in [0.15, 0.2) is 11.6 Å². The van der Waals surface area contributed by atoms with E-state index in [0.717, 1.165) is 0 Å². The molecule has 2 N–H and O–H groups in total. The lowest BCUT2D eigenvalue weighted by molar-refractivity contribution is -0.121. The molecule has 1 aromatic carbocycles.